The number of benzene rings is 3. The van der Waals surface area contributed by atoms with E-state index in [1.54, 1.807) is 24.3 Å². The SMILES string of the molecule is N/C(=N/C(=O)Cc1cn(Cc2ccc(F)cc2)c2ccccc12)NCc1cc(Cl)c(N)c(Cl)c1. The van der Waals surface area contributed by atoms with Crippen molar-refractivity contribution in [3.8, 4) is 0 Å². The lowest BCUT2D eigenvalue weighted by molar-refractivity contribution is -0.117. The van der Waals surface area contributed by atoms with Gasteiger partial charge in [0.25, 0.3) is 5.91 Å². The Morgan fingerprint density at radius 2 is 1.71 bits per heavy atom. The second kappa shape index (κ2) is 10.2. The Labute approximate surface area is 206 Å². The molecule has 1 aromatic heterocycles. The Balaban J connectivity index is 1.47. The van der Waals surface area contributed by atoms with Crippen LogP contribution in [0.15, 0.2) is 71.9 Å². The summed E-state index contributed by atoms with van der Waals surface area (Å²) in [6, 6.07) is 17.5. The maximum atomic E-state index is 13.2. The van der Waals surface area contributed by atoms with Crippen LogP contribution in [0.2, 0.25) is 10.0 Å². The highest BCUT2D eigenvalue weighted by Gasteiger charge is 2.13. The first-order valence-corrected chi connectivity index (χ1v) is 11.2. The molecule has 4 rings (SSSR count). The van der Waals surface area contributed by atoms with Crippen LogP contribution in [-0.2, 0) is 24.3 Å². The van der Waals surface area contributed by atoms with Gasteiger partial charge in [-0.2, -0.15) is 4.99 Å². The van der Waals surface area contributed by atoms with Crippen LogP contribution in [0, 0.1) is 5.82 Å². The molecule has 6 nitrogen and oxygen atoms in total. The molecule has 0 aliphatic carbocycles. The normalized spacial score (nSPS) is 11.7. The number of halogens is 3. The number of hydrogen-bond acceptors (Lipinski definition) is 2. The molecule has 174 valence electrons. The first-order valence-electron chi connectivity index (χ1n) is 10.5. The lowest BCUT2D eigenvalue weighted by atomic mass is 10.1. The smallest absolute Gasteiger partial charge is 0.253 e. The van der Waals surface area contributed by atoms with Gasteiger partial charge in [-0.3, -0.25) is 4.79 Å². The maximum Gasteiger partial charge on any atom is 0.253 e. The molecule has 9 heteroatoms. The third-order valence-electron chi connectivity index (χ3n) is 5.34. The van der Waals surface area contributed by atoms with Gasteiger partial charge in [-0.25, -0.2) is 4.39 Å². The van der Waals surface area contributed by atoms with Crippen LogP contribution < -0.4 is 16.8 Å². The number of aliphatic imine (C=N–C) groups is 1. The molecule has 1 amide bonds. The summed E-state index contributed by atoms with van der Waals surface area (Å²) in [4.78, 5) is 16.6. The van der Waals surface area contributed by atoms with Crippen molar-refractivity contribution >= 4 is 51.7 Å². The fraction of sp³-hybridized carbons (Fsp3) is 0.120. The summed E-state index contributed by atoms with van der Waals surface area (Å²) in [6.07, 6.45) is 2.00. The van der Waals surface area contributed by atoms with Crippen LogP contribution in [0.1, 0.15) is 16.7 Å². The first-order chi connectivity index (χ1) is 16.3. The number of para-hydroxylation sites is 1. The van der Waals surface area contributed by atoms with E-state index in [1.165, 1.54) is 12.1 Å². The first kappa shape index (κ1) is 23.6. The van der Waals surface area contributed by atoms with Crippen LogP contribution in [-0.4, -0.2) is 16.4 Å². The number of carbonyl (C=O) groups is 1. The molecular weight excluding hydrogens is 476 g/mol. The monoisotopic (exact) mass is 497 g/mol. The molecule has 5 N–H and O–H groups in total. The minimum absolute atomic E-state index is 0.0101. The number of hydrogen-bond donors (Lipinski definition) is 3. The van der Waals surface area contributed by atoms with E-state index in [-0.39, 0.29) is 30.6 Å². The molecule has 3 aromatic carbocycles. The van der Waals surface area contributed by atoms with E-state index in [2.05, 4.69) is 10.3 Å². The summed E-state index contributed by atoms with van der Waals surface area (Å²) >= 11 is 12.1. The number of anilines is 1. The Kier molecular flexibility index (Phi) is 7.05. The number of aromatic nitrogens is 1. The van der Waals surface area contributed by atoms with Crippen LogP contribution >= 0.6 is 23.2 Å². The Bertz CT molecular complexity index is 1360. The number of fused-ring (bicyclic) bond motifs is 1. The highest BCUT2D eigenvalue weighted by Crippen LogP contribution is 2.28. The van der Waals surface area contributed by atoms with Crippen molar-refractivity contribution in [2.45, 2.75) is 19.5 Å². The van der Waals surface area contributed by atoms with E-state index in [9.17, 15) is 9.18 Å². The van der Waals surface area contributed by atoms with Gasteiger partial charge in [0.05, 0.1) is 22.2 Å². The number of nitrogens with zero attached hydrogens (tertiary/aromatic N) is 2. The van der Waals surface area contributed by atoms with E-state index < -0.39 is 0 Å². The second-order valence-electron chi connectivity index (χ2n) is 7.82. The molecule has 34 heavy (non-hydrogen) atoms. The van der Waals surface area contributed by atoms with Gasteiger partial charge >= 0.3 is 0 Å². The second-order valence-corrected chi connectivity index (χ2v) is 8.63. The van der Waals surface area contributed by atoms with Crippen LogP contribution in [0.5, 0.6) is 0 Å². The van der Waals surface area contributed by atoms with Crippen molar-refractivity contribution in [3.05, 3.63) is 99.4 Å². The van der Waals surface area contributed by atoms with Crippen molar-refractivity contribution in [2.75, 3.05) is 5.73 Å². The van der Waals surface area contributed by atoms with Gasteiger partial charge in [-0.15, -0.1) is 0 Å². The van der Waals surface area contributed by atoms with Crippen molar-refractivity contribution in [2.24, 2.45) is 10.7 Å². The standard InChI is InChI=1S/C25H22Cl2FN5O/c26-20-9-16(10-21(27)24(20)29)12-31-25(30)32-23(34)11-17-14-33(22-4-2-1-3-19(17)22)13-15-5-7-18(28)8-6-15/h1-10,14H,11-13,29H2,(H3,30,31,32,34). The highest BCUT2D eigenvalue weighted by molar-refractivity contribution is 6.38. The number of amides is 1. The molecule has 0 unspecified atom stereocenters. The number of guanidine groups is 1. The predicted octanol–water partition coefficient (Wildman–Crippen LogP) is 4.89. The van der Waals surface area contributed by atoms with Gasteiger partial charge in [-0.1, -0.05) is 53.5 Å². The average molecular weight is 498 g/mol. The van der Waals surface area contributed by atoms with Gasteiger partial charge in [0.1, 0.15) is 5.82 Å². The zero-order valence-corrected chi connectivity index (χ0v) is 19.6. The average Bonchev–Trinajstić information content (AvgIpc) is 3.14. The molecule has 0 spiro atoms. The Morgan fingerprint density at radius 1 is 1.03 bits per heavy atom. The number of carbonyl (C=O) groups excluding carboxylic acids is 1. The summed E-state index contributed by atoms with van der Waals surface area (Å²) in [7, 11) is 0. The predicted molar refractivity (Wildman–Crippen MR) is 135 cm³/mol. The molecule has 0 atom stereocenters. The van der Waals surface area contributed by atoms with Crippen molar-refractivity contribution in [3.63, 3.8) is 0 Å². The number of nitrogen functional groups attached to an aromatic ring is 1. The van der Waals surface area contributed by atoms with Gasteiger partial charge in [0, 0.05) is 30.2 Å². The van der Waals surface area contributed by atoms with Gasteiger partial charge in [-0.05, 0) is 47.0 Å². The Hall–Kier alpha value is -3.55. The third-order valence-corrected chi connectivity index (χ3v) is 5.96. The van der Waals surface area contributed by atoms with Crippen LogP contribution in [0.3, 0.4) is 0 Å². The Morgan fingerprint density at radius 3 is 2.41 bits per heavy atom. The van der Waals surface area contributed by atoms with E-state index in [0.29, 0.717) is 22.3 Å². The lowest BCUT2D eigenvalue weighted by Gasteiger charge is -2.08. The molecule has 0 bridgehead atoms. The van der Waals surface area contributed by atoms with Crippen LogP contribution in [0.25, 0.3) is 10.9 Å². The molecule has 0 aliphatic heterocycles. The quantitative estimate of drug-likeness (QED) is 0.200. The summed E-state index contributed by atoms with van der Waals surface area (Å²) in [5.41, 5.74) is 15.5. The van der Waals surface area contributed by atoms with Crippen molar-refractivity contribution in [1.82, 2.24) is 9.88 Å². The molecule has 0 radical (unpaired) electrons. The molecule has 1 heterocycles. The van der Waals surface area contributed by atoms with Crippen molar-refractivity contribution in [1.29, 1.82) is 0 Å². The minimum atomic E-state index is -0.386. The highest BCUT2D eigenvalue weighted by atomic mass is 35.5. The molecular formula is C25H22Cl2FN5O. The number of nitrogens with two attached hydrogens (primary N) is 2. The zero-order chi connectivity index (χ0) is 24.2. The van der Waals surface area contributed by atoms with E-state index in [0.717, 1.165) is 27.6 Å². The lowest BCUT2D eigenvalue weighted by Crippen LogP contribution is -2.32. The topological polar surface area (TPSA) is 98.4 Å². The zero-order valence-electron chi connectivity index (χ0n) is 18.1. The molecule has 0 fully saturated rings. The number of nitrogens with one attached hydrogen (secondary N) is 1. The fourth-order valence-electron chi connectivity index (χ4n) is 3.69. The minimum Gasteiger partial charge on any atom is -0.396 e. The summed E-state index contributed by atoms with van der Waals surface area (Å²) in [5.74, 6) is -0.675. The van der Waals surface area contributed by atoms with E-state index >= 15 is 0 Å². The third kappa shape index (κ3) is 5.50. The number of rotatable bonds is 6. The van der Waals surface area contributed by atoms with E-state index in [4.69, 9.17) is 34.7 Å². The summed E-state index contributed by atoms with van der Waals surface area (Å²) in [6.45, 7) is 0.827. The largest absolute Gasteiger partial charge is 0.396 e. The molecule has 0 saturated carbocycles. The molecule has 4 aromatic rings. The van der Waals surface area contributed by atoms with Gasteiger partial charge in [0.15, 0.2) is 5.96 Å². The summed E-state index contributed by atoms with van der Waals surface area (Å²) < 4.78 is 15.3. The van der Waals surface area contributed by atoms with Gasteiger partial charge < -0.3 is 21.4 Å². The maximum absolute atomic E-state index is 13.2. The van der Waals surface area contributed by atoms with Gasteiger partial charge in [0.2, 0.25) is 0 Å². The van der Waals surface area contributed by atoms with E-state index in [1.807, 2.05) is 35.0 Å². The fourth-order valence-corrected chi connectivity index (χ4v) is 4.22. The molecule has 0 aliphatic rings. The van der Waals surface area contributed by atoms with Crippen molar-refractivity contribution < 1.29 is 9.18 Å². The summed E-state index contributed by atoms with van der Waals surface area (Å²) in [5, 5.41) is 4.51. The van der Waals surface area contributed by atoms with Crippen LogP contribution in [0.4, 0.5) is 10.1 Å². The molecule has 0 saturated heterocycles.